The number of hydrogen-bond acceptors (Lipinski definition) is 4. The minimum absolute atomic E-state index is 0.429. The van der Waals surface area contributed by atoms with Crippen LogP contribution in [0.2, 0.25) is 0 Å². The van der Waals surface area contributed by atoms with Gasteiger partial charge in [0.2, 0.25) is 0 Å². The summed E-state index contributed by atoms with van der Waals surface area (Å²) >= 11 is 0. The number of nitrogens with zero attached hydrogens (tertiary/aromatic N) is 2. The van der Waals surface area contributed by atoms with Crippen LogP contribution in [0.25, 0.3) is 11.5 Å². The fourth-order valence-electron chi connectivity index (χ4n) is 2.32. The summed E-state index contributed by atoms with van der Waals surface area (Å²) in [6.45, 7) is 2.22. The Morgan fingerprint density at radius 1 is 1.10 bits per heavy atom. The van der Waals surface area contributed by atoms with E-state index in [-0.39, 0.29) is 0 Å². The summed E-state index contributed by atoms with van der Waals surface area (Å²) in [4.78, 5) is 15.4. The number of aromatic nitrogens is 2. The Balaban J connectivity index is 1.88. The summed E-state index contributed by atoms with van der Waals surface area (Å²) in [5.41, 5.74) is 1.28. The lowest BCUT2D eigenvalue weighted by molar-refractivity contribution is 0.112. The number of hydrogen-bond donors (Lipinski definition) is 0. The number of rotatable bonds is 9. The van der Waals surface area contributed by atoms with Crippen molar-refractivity contribution in [2.24, 2.45) is 0 Å². The van der Waals surface area contributed by atoms with E-state index < -0.39 is 0 Å². The summed E-state index contributed by atoms with van der Waals surface area (Å²) in [7, 11) is 0. The fourth-order valence-corrected chi connectivity index (χ4v) is 2.32. The van der Waals surface area contributed by atoms with Gasteiger partial charge in [-0.1, -0.05) is 62.4 Å². The maximum absolute atomic E-state index is 11.0. The summed E-state index contributed by atoms with van der Waals surface area (Å²) < 4.78 is 5.27. The molecule has 0 bridgehead atoms. The average Bonchev–Trinajstić information content (AvgIpc) is 2.99. The highest BCUT2D eigenvalue weighted by atomic mass is 16.5. The van der Waals surface area contributed by atoms with Gasteiger partial charge in [-0.25, -0.2) is 0 Å². The van der Waals surface area contributed by atoms with Crippen LogP contribution in [0.5, 0.6) is 0 Å². The molecule has 0 fully saturated rings. The van der Waals surface area contributed by atoms with Crippen molar-refractivity contribution in [3.05, 3.63) is 35.7 Å². The van der Waals surface area contributed by atoms with Gasteiger partial charge in [-0.3, -0.25) is 4.79 Å². The van der Waals surface area contributed by atoms with Crippen molar-refractivity contribution in [3.63, 3.8) is 0 Å². The first-order valence-electron chi connectivity index (χ1n) is 7.72. The molecule has 0 unspecified atom stereocenters. The van der Waals surface area contributed by atoms with Crippen LogP contribution in [-0.4, -0.2) is 16.4 Å². The topological polar surface area (TPSA) is 56.0 Å². The van der Waals surface area contributed by atoms with E-state index >= 15 is 0 Å². The van der Waals surface area contributed by atoms with Crippen LogP contribution >= 0.6 is 0 Å². The molecular formula is C17H22N2O2. The van der Waals surface area contributed by atoms with E-state index in [4.69, 9.17) is 4.52 Å². The molecule has 1 aromatic carbocycles. The molecule has 0 saturated carbocycles. The largest absolute Gasteiger partial charge is 0.334 e. The molecular weight excluding hydrogens is 264 g/mol. The van der Waals surface area contributed by atoms with Gasteiger partial charge < -0.3 is 4.52 Å². The Labute approximate surface area is 125 Å². The molecule has 1 heterocycles. The van der Waals surface area contributed by atoms with E-state index in [2.05, 4.69) is 17.1 Å². The van der Waals surface area contributed by atoms with Crippen molar-refractivity contribution in [1.29, 1.82) is 0 Å². The minimum atomic E-state index is 0.429. The number of benzene rings is 1. The lowest BCUT2D eigenvalue weighted by Crippen LogP contribution is -1.90. The second-order valence-corrected chi connectivity index (χ2v) is 5.24. The predicted molar refractivity (Wildman–Crippen MR) is 82.2 cm³/mol. The zero-order valence-electron chi connectivity index (χ0n) is 12.5. The van der Waals surface area contributed by atoms with Gasteiger partial charge in [-0.15, -0.1) is 0 Å². The number of aldehydes is 1. The summed E-state index contributed by atoms with van der Waals surface area (Å²) in [6.07, 6.45) is 9.09. The molecule has 4 nitrogen and oxygen atoms in total. The van der Waals surface area contributed by atoms with Crippen molar-refractivity contribution in [2.45, 2.75) is 51.9 Å². The fraction of sp³-hybridized carbons (Fsp3) is 0.471. The van der Waals surface area contributed by atoms with Crippen LogP contribution in [0.3, 0.4) is 0 Å². The van der Waals surface area contributed by atoms with Crippen LogP contribution < -0.4 is 0 Å². The number of unbranched alkanes of at least 4 members (excludes halogenated alkanes) is 5. The Bertz CT molecular complexity index is 563. The Hall–Kier alpha value is -1.97. The van der Waals surface area contributed by atoms with Crippen molar-refractivity contribution in [3.8, 4) is 11.5 Å². The summed E-state index contributed by atoms with van der Waals surface area (Å²) in [6, 6.07) is 7.26. The van der Waals surface area contributed by atoms with E-state index in [0.29, 0.717) is 17.0 Å². The maximum Gasteiger partial charge on any atom is 0.258 e. The molecule has 0 saturated heterocycles. The zero-order valence-corrected chi connectivity index (χ0v) is 12.5. The first-order valence-corrected chi connectivity index (χ1v) is 7.72. The van der Waals surface area contributed by atoms with E-state index in [9.17, 15) is 4.79 Å². The highest BCUT2D eigenvalue weighted by Gasteiger charge is 2.11. The highest BCUT2D eigenvalue weighted by Crippen LogP contribution is 2.21. The standard InChI is InChI=1S/C17H22N2O2/c1-2-3-4-5-6-7-12-16-18-17(21-19-16)15-11-9-8-10-14(15)13-20/h8-11,13H,2-7,12H2,1H3. The predicted octanol–water partition coefficient (Wildman–Crippen LogP) is 4.45. The number of carbonyl (C=O) groups is 1. The van der Waals surface area contributed by atoms with Crippen molar-refractivity contribution in [2.75, 3.05) is 0 Å². The maximum atomic E-state index is 11.0. The molecule has 112 valence electrons. The molecule has 0 aliphatic rings. The van der Waals surface area contributed by atoms with Crippen molar-refractivity contribution >= 4 is 6.29 Å². The van der Waals surface area contributed by atoms with Crippen LogP contribution in [-0.2, 0) is 6.42 Å². The molecule has 21 heavy (non-hydrogen) atoms. The Kier molecular flexibility index (Phi) is 6.13. The third-order valence-electron chi connectivity index (χ3n) is 3.54. The van der Waals surface area contributed by atoms with Crippen molar-refractivity contribution in [1.82, 2.24) is 10.1 Å². The highest BCUT2D eigenvalue weighted by molar-refractivity contribution is 5.85. The van der Waals surface area contributed by atoms with Crippen LogP contribution in [0.15, 0.2) is 28.8 Å². The van der Waals surface area contributed by atoms with E-state index in [1.807, 2.05) is 18.2 Å². The molecule has 0 aliphatic carbocycles. The van der Waals surface area contributed by atoms with Crippen LogP contribution in [0, 0.1) is 0 Å². The first-order chi connectivity index (χ1) is 10.3. The molecule has 1 aromatic heterocycles. The molecule has 0 amide bonds. The average molecular weight is 286 g/mol. The van der Waals surface area contributed by atoms with Gasteiger partial charge in [0.05, 0.1) is 5.56 Å². The summed E-state index contributed by atoms with van der Waals surface area (Å²) in [5, 5.41) is 4.00. The third kappa shape index (κ3) is 4.52. The molecule has 0 aliphatic heterocycles. The second-order valence-electron chi connectivity index (χ2n) is 5.24. The normalized spacial score (nSPS) is 10.7. The Morgan fingerprint density at radius 3 is 2.67 bits per heavy atom. The van der Waals surface area contributed by atoms with Gasteiger partial charge in [0, 0.05) is 12.0 Å². The molecule has 0 atom stereocenters. The van der Waals surface area contributed by atoms with E-state index in [0.717, 1.165) is 25.0 Å². The van der Waals surface area contributed by atoms with Gasteiger partial charge in [-0.05, 0) is 12.5 Å². The van der Waals surface area contributed by atoms with Gasteiger partial charge >= 0.3 is 0 Å². The smallest absolute Gasteiger partial charge is 0.258 e. The minimum Gasteiger partial charge on any atom is -0.334 e. The van der Waals surface area contributed by atoms with Gasteiger partial charge in [0.25, 0.3) is 5.89 Å². The van der Waals surface area contributed by atoms with Crippen LogP contribution in [0.4, 0.5) is 0 Å². The van der Waals surface area contributed by atoms with E-state index in [1.54, 1.807) is 6.07 Å². The molecule has 0 spiro atoms. The number of aryl methyl sites for hydroxylation is 1. The first kappa shape index (κ1) is 15.4. The molecule has 0 N–H and O–H groups in total. The SMILES string of the molecule is CCCCCCCCc1noc(-c2ccccc2C=O)n1. The second kappa shape index (κ2) is 8.35. The summed E-state index contributed by atoms with van der Waals surface area (Å²) in [5.74, 6) is 1.15. The molecule has 2 rings (SSSR count). The van der Waals surface area contributed by atoms with Gasteiger partial charge in [-0.2, -0.15) is 4.98 Å². The lowest BCUT2D eigenvalue weighted by Gasteiger charge is -1.98. The van der Waals surface area contributed by atoms with E-state index in [1.165, 1.54) is 32.1 Å². The quantitative estimate of drug-likeness (QED) is 0.504. The Morgan fingerprint density at radius 2 is 1.86 bits per heavy atom. The third-order valence-corrected chi connectivity index (χ3v) is 3.54. The monoisotopic (exact) mass is 286 g/mol. The molecule has 0 radical (unpaired) electrons. The number of carbonyl (C=O) groups excluding carboxylic acids is 1. The van der Waals surface area contributed by atoms with Crippen molar-refractivity contribution < 1.29 is 9.32 Å². The molecule has 4 heteroatoms. The molecule has 2 aromatic rings. The van der Waals surface area contributed by atoms with Crippen LogP contribution in [0.1, 0.15) is 61.6 Å². The van der Waals surface area contributed by atoms with Gasteiger partial charge in [0.15, 0.2) is 12.1 Å². The lowest BCUT2D eigenvalue weighted by atomic mass is 10.1. The zero-order chi connectivity index (χ0) is 14.9. The van der Waals surface area contributed by atoms with Gasteiger partial charge in [0.1, 0.15) is 0 Å².